The van der Waals surface area contributed by atoms with E-state index in [1.54, 1.807) is 6.07 Å². The normalized spacial score (nSPS) is 11.8. The van der Waals surface area contributed by atoms with Crippen LogP contribution in [-0.2, 0) is 9.53 Å². The van der Waals surface area contributed by atoms with Crippen molar-refractivity contribution < 1.29 is 24.2 Å². The minimum atomic E-state index is -1.08. The van der Waals surface area contributed by atoms with Gasteiger partial charge in [-0.2, -0.15) is 0 Å². The van der Waals surface area contributed by atoms with Crippen LogP contribution in [-0.4, -0.2) is 36.1 Å². The Morgan fingerprint density at radius 2 is 1.86 bits per heavy atom. The zero-order chi connectivity index (χ0) is 16.0. The van der Waals surface area contributed by atoms with E-state index in [2.05, 4.69) is 10.1 Å². The number of carbonyl (C=O) groups excluding carboxylic acids is 2. The second kappa shape index (κ2) is 7.42. The fourth-order valence-corrected chi connectivity index (χ4v) is 1.84. The number of aliphatic carboxylic acids is 1. The molecule has 0 radical (unpaired) electrons. The average molecular weight is 293 g/mol. The molecule has 0 saturated carbocycles. The van der Waals surface area contributed by atoms with Crippen molar-refractivity contribution in [2.75, 3.05) is 7.11 Å². The van der Waals surface area contributed by atoms with Crippen molar-refractivity contribution in [2.45, 2.75) is 26.3 Å². The summed E-state index contributed by atoms with van der Waals surface area (Å²) in [6.45, 7) is 3.75. The van der Waals surface area contributed by atoms with E-state index in [0.29, 0.717) is 6.42 Å². The predicted molar refractivity (Wildman–Crippen MR) is 76.1 cm³/mol. The molecule has 0 fully saturated rings. The maximum Gasteiger partial charge on any atom is 0.337 e. The standard InChI is InChI=1S/C15H19NO5/c1-9(2)7-12(14(18)19)16-13(17)10-5-4-6-11(8-10)15(20)21-3/h4-6,8-9,12H,7H2,1-3H3,(H,16,17)(H,18,19). The summed E-state index contributed by atoms with van der Waals surface area (Å²) in [5.74, 6) is -2.04. The van der Waals surface area contributed by atoms with Crippen LogP contribution in [0.4, 0.5) is 0 Å². The van der Waals surface area contributed by atoms with Crippen LogP contribution in [0.3, 0.4) is 0 Å². The highest BCUT2D eigenvalue weighted by atomic mass is 16.5. The lowest BCUT2D eigenvalue weighted by Gasteiger charge is -2.16. The predicted octanol–water partition coefficient (Wildman–Crippen LogP) is 1.70. The number of ether oxygens (including phenoxy) is 1. The van der Waals surface area contributed by atoms with Gasteiger partial charge in [0, 0.05) is 5.56 Å². The first-order valence-corrected chi connectivity index (χ1v) is 6.57. The number of nitrogens with one attached hydrogen (secondary N) is 1. The SMILES string of the molecule is COC(=O)c1cccc(C(=O)NC(CC(C)C)C(=O)O)c1. The number of methoxy groups -OCH3 is 1. The first-order valence-electron chi connectivity index (χ1n) is 6.57. The molecule has 1 unspecified atom stereocenters. The monoisotopic (exact) mass is 293 g/mol. The smallest absolute Gasteiger partial charge is 0.337 e. The average Bonchev–Trinajstić information content (AvgIpc) is 2.45. The zero-order valence-electron chi connectivity index (χ0n) is 12.3. The molecule has 1 amide bonds. The van der Waals surface area contributed by atoms with Crippen molar-refractivity contribution in [1.82, 2.24) is 5.32 Å². The Balaban J connectivity index is 2.87. The Hall–Kier alpha value is -2.37. The summed E-state index contributed by atoms with van der Waals surface area (Å²) in [5.41, 5.74) is 0.453. The third kappa shape index (κ3) is 4.91. The third-order valence-corrected chi connectivity index (χ3v) is 2.86. The van der Waals surface area contributed by atoms with E-state index in [0.717, 1.165) is 0 Å². The first-order chi connectivity index (χ1) is 9.85. The molecule has 0 aromatic heterocycles. The molecule has 1 rings (SSSR count). The molecule has 0 aliphatic heterocycles. The van der Waals surface area contributed by atoms with Gasteiger partial charge in [-0.15, -0.1) is 0 Å². The van der Waals surface area contributed by atoms with E-state index in [4.69, 9.17) is 5.11 Å². The highest BCUT2D eigenvalue weighted by Gasteiger charge is 2.22. The molecular weight excluding hydrogens is 274 g/mol. The van der Waals surface area contributed by atoms with Crippen LogP contribution < -0.4 is 5.32 Å². The minimum Gasteiger partial charge on any atom is -0.480 e. The largest absolute Gasteiger partial charge is 0.480 e. The van der Waals surface area contributed by atoms with Crippen LogP contribution in [0.5, 0.6) is 0 Å². The highest BCUT2D eigenvalue weighted by Crippen LogP contribution is 2.09. The quantitative estimate of drug-likeness (QED) is 0.779. The molecule has 114 valence electrons. The topological polar surface area (TPSA) is 92.7 Å². The Morgan fingerprint density at radius 3 is 2.38 bits per heavy atom. The van der Waals surface area contributed by atoms with Gasteiger partial charge in [-0.3, -0.25) is 4.79 Å². The van der Waals surface area contributed by atoms with Gasteiger partial charge in [0.2, 0.25) is 0 Å². The molecular formula is C15H19NO5. The molecule has 1 aromatic carbocycles. The van der Waals surface area contributed by atoms with Crippen LogP contribution in [0.2, 0.25) is 0 Å². The van der Waals surface area contributed by atoms with E-state index in [1.807, 2.05) is 13.8 Å². The number of carboxylic acids is 1. The summed E-state index contributed by atoms with van der Waals surface area (Å²) < 4.78 is 4.58. The summed E-state index contributed by atoms with van der Waals surface area (Å²) in [6.07, 6.45) is 0.331. The molecule has 1 atom stereocenters. The summed E-state index contributed by atoms with van der Waals surface area (Å²) in [7, 11) is 1.25. The van der Waals surface area contributed by atoms with Gasteiger partial charge < -0.3 is 15.2 Å². The molecule has 6 heteroatoms. The van der Waals surface area contributed by atoms with Crippen LogP contribution >= 0.6 is 0 Å². The van der Waals surface area contributed by atoms with Gasteiger partial charge in [0.15, 0.2) is 0 Å². The Kier molecular flexibility index (Phi) is 5.90. The molecule has 21 heavy (non-hydrogen) atoms. The molecule has 0 heterocycles. The highest BCUT2D eigenvalue weighted by molar-refractivity contribution is 5.99. The van der Waals surface area contributed by atoms with Gasteiger partial charge in [-0.1, -0.05) is 19.9 Å². The zero-order valence-corrected chi connectivity index (χ0v) is 12.3. The van der Waals surface area contributed by atoms with Crippen LogP contribution in [0.25, 0.3) is 0 Å². The van der Waals surface area contributed by atoms with Gasteiger partial charge in [0.05, 0.1) is 12.7 Å². The summed E-state index contributed by atoms with van der Waals surface area (Å²) in [6, 6.07) is 4.98. The van der Waals surface area contributed by atoms with E-state index < -0.39 is 23.9 Å². The van der Waals surface area contributed by atoms with E-state index >= 15 is 0 Å². The Bertz CT molecular complexity index is 539. The van der Waals surface area contributed by atoms with E-state index in [9.17, 15) is 14.4 Å². The lowest BCUT2D eigenvalue weighted by atomic mass is 10.0. The molecule has 0 saturated heterocycles. The van der Waals surface area contributed by atoms with Gasteiger partial charge in [-0.05, 0) is 30.5 Å². The number of esters is 1. The number of hydrogen-bond acceptors (Lipinski definition) is 4. The third-order valence-electron chi connectivity index (χ3n) is 2.86. The van der Waals surface area contributed by atoms with Gasteiger partial charge >= 0.3 is 11.9 Å². The van der Waals surface area contributed by atoms with Crippen molar-refractivity contribution in [2.24, 2.45) is 5.92 Å². The molecule has 1 aromatic rings. The number of hydrogen-bond donors (Lipinski definition) is 2. The molecule has 2 N–H and O–H groups in total. The summed E-state index contributed by atoms with van der Waals surface area (Å²) in [5, 5.41) is 11.6. The maximum atomic E-state index is 12.1. The summed E-state index contributed by atoms with van der Waals surface area (Å²) >= 11 is 0. The minimum absolute atomic E-state index is 0.132. The Morgan fingerprint density at radius 1 is 1.24 bits per heavy atom. The van der Waals surface area contributed by atoms with Gasteiger partial charge in [0.25, 0.3) is 5.91 Å². The van der Waals surface area contributed by atoms with Gasteiger partial charge in [0.1, 0.15) is 6.04 Å². The van der Waals surface area contributed by atoms with Gasteiger partial charge in [-0.25, -0.2) is 9.59 Å². The number of carbonyl (C=O) groups is 3. The van der Waals surface area contributed by atoms with Crippen LogP contribution in [0.15, 0.2) is 24.3 Å². The van der Waals surface area contributed by atoms with Crippen molar-refractivity contribution in [3.63, 3.8) is 0 Å². The number of rotatable bonds is 6. The van der Waals surface area contributed by atoms with E-state index in [1.165, 1.54) is 25.3 Å². The lowest BCUT2D eigenvalue weighted by molar-refractivity contribution is -0.139. The van der Waals surface area contributed by atoms with Crippen molar-refractivity contribution in [3.05, 3.63) is 35.4 Å². The summed E-state index contributed by atoms with van der Waals surface area (Å²) in [4.78, 5) is 34.6. The molecule has 0 bridgehead atoms. The van der Waals surface area contributed by atoms with Crippen molar-refractivity contribution >= 4 is 17.8 Å². The lowest BCUT2D eigenvalue weighted by Crippen LogP contribution is -2.41. The van der Waals surface area contributed by atoms with Crippen LogP contribution in [0.1, 0.15) is 41.0 Å². The first kappa shape index (κ1) is 16.7. The Labute approximate surface area is 123 Å². The molecule has 0 spiro atoms. The second-order valence-corrected chi connectivity index (χ2v) is 5.07. The fraction of sp³-hybridized carbons (Fsp3) is 0.400. The van der Waals surface area contributed by atoms with Crippen molar-refractivity contribution in [3.8, 4) is 0 Å². The second-order valence-electron chi connectivity index (χ2n) is 5.07. The molecule has 0 aliphatic rings. The number of amides is 1. The number of benzene rings is 1. The van der Waals surface area contributed by atoms with Crippen LogP contribution in [0, 0.1) is 5.92 Å². The number of carboxylic acid groups (broad SMARTS) is 1. The molecule has 6 nitrogen and oxygen atoms in total. The van der Waals surface area contributed by atoms with E-state index in [-0.39, 0.29) is 17.0 Å². The fourth-order valence-electron chi connectivity index (χ4n) is 1.84. The van der Waals surface area contributed by atoms with Crippen molar-refractivity contribution in [1.29, 1.82) is 0 Å². The molecule has 0 aliphatic carbocycles. The maximum absolute atomic E-state index is 12.1.